The maximum Gasteiger partial charge on any atom is 0.255 e. The Morgan fingerprint density at radius 3 is 3.00 bits per heavy atom. The van der Waals surface area contributed by atoms with E-state index in [9.17, 15) is 9.90 Å². The molecule has 1 aromatic rings. The molecule has 74 valence electrons. The van der Waals surface area contributed by atoms with Gasteiger partial charge in [0.2, 0.25) is 0 Å². The minimum atomic E-state index is -0.410. The van der Waals surface area contributed by atoms with Crippen LogP contribution in [-0.2, 0) is 0 Å². The predicted molar refractivity (Wildman–Crippen MR) is 53.2 cm³/mol. The van der Waals surface area contributed by atoms with Crippen molar-refractivity contribution < 1.29 is 9.90 Å². The fourth-order valence-electron chi connectivity index (χ4n) is 0.850. The Hall–Kier alpha value is -1.55. The van der Waals surface area contributed by atoms with Gasteiger partial charge in [-0.25, -0.2) is 0 Å². The van der Waals surface area contributed by atoms with E-state index in [0.717, 1.165) is 0 Å². The van der Waals surface area contributed by atoms with Gasteiger partial charge in [-0.3, -0.25) is 9.78 Å². The van der Waals surface area contributed by atoms with Gasteiger partial charge in [0.05, 0.1) is 18.3 Å². The van der Waals surface area contributed by atoms with Crippen molar-refractivity contribution in [1.29, 1.82) is 0 Å². The van der Waals surface area contributed by atoms with E-state index >= 15 is 0 Å². The zero-order valence-electron chi connectivity index (χ0n) is 7.33. The molecule has 5 heteroatoms. The quantitative estimate of drug-likeness (QED) is 0.793. The maximum absolute atomic E-state index is 11.4. The van der Waals surface area contributed by atoms with Crippen LogP contribution in [0.25, 0.3) is 0 Å². The molecule has 1 amide bonds. The van der Waals surface area contributed by atoms with E-state index in [2.05, 4.69) is 16.9 Å². The number of rotatable bonds is 3. The standard InChI is InChI=1S/C9H9ClN2O2/c1-6(10)4-12-9(14)7-2-3-11-5-8(7)13/h2-3,5,13H,1,4H2,(H,12,14). The molecule has 0 spiro atoms. The Kier molecular flexibility index (Phi) is 3.48. The van der Waals surface area contributed by atoms with Crippen LogP contribution in [-0.4, -0.2) is 22.5 Å². The van der Waals surface area contributed by atoms with Gasteiger partial charge >= 0.3 is 0 Å². The molecule has 4 nitrogen and oxygen atoms in total. The minimum absolute atomic E-state index is 0.162. The summed E-state index contributed by atoms with van der Waals surface area (Å²) in [6.45, 7) is 3.59. The van der Waals surface area contributed by atoms with Crippen molar-refractivity contribution in [2.75, 3.05) is 6.54 Å². The first-order valence-corrected chi connectivity index (χ1v) is 4.23. The third-order valence-corrected chi connectivity index (χ3v) is 1.62. The van der Waals surface area contributed by atoms with E-state index in [1.807, 2.05) is 0 Å². The van der Waals surface area contributed by atoms with Crippen molar-refractivity contribution in [3.8, 4) is 5.75 Å². The Balaban J connectivity index is 2.70. The SMILES string of the molecule is C=C(Cl)CNC(=O)c1ccncc1O. The molecule has 0 unspecified atom stereocenters. The molecule has 14 heavy (non-hydrogen) atoms. The van der Waals surface area contributed by atoms with Crippen molar-refractivity contribution in [2.45, 2.75) is 0 Å². The number of hydrogen-bond donors (Lipinski definition) is 2. The Bertz CT molecular complexity index is 366. The van der Waals surface area contributed by atoms with Crippen LogP contribution in [0.2, 0.25) is 0 Å². The monoisotopic (exact) mass is 212 g/mol. The summed E-state index contributed by atoms with van der Waals surface area (Å²) in [5.74, 6) is -0.572. The second kappa shape index (κ2) is 4.62. The second-order valence-corrected chi connectivity index (χ2v) is 3.13. The molecule has 0 aliphatic heterocycles. The summed E-state index contributed by atoms with van der Waals surface area (Å²) in [7, 11) is 0. The van der Waals surface area contributed by atoms with E-state index in [0.29, 0.717) is 5.03 Å². The number of amides is 1. The van der Waals surface area contributed by atoms with Gasteiger partial charge in [0.25, 0.3) is 5.91 Å². The predicted octanol–water partition coefficient (Wildman–Crippen LogP) is 1.27. The van der Waals surface area contributed by atoms with Gasteiger partial charge in [0.1, 0.15) is 5.75 Å². The van der Waals surface area contributed by atoms with Gasteiger partial charge in [0.15, 0.2) is 0 Å². The molecule has 0 fully saturated rings. The summed E-state index contributed by atoms with van der Waals surface area (Å²) in [4.78, 5) is 15.0. The number of carbonyl (C=O) groups is 1. The molecule has 1 aromatic heterocycles. The largest absolute Gasteiger partial charge is 0.505 e. The lowest BCUT2D eigenvalue weighted by Gasteiger charge is -2.04. The molecule has 0 saturated carbocycles. The third-order valence-electron chi connectivity index (χ3n) is 1.49. The number of hydrogen-bond acceptors (Lipinski definition) is 3. The summed E-state index contributed by atoms with van der Waals surface area (Å²) < 4.78 is 0. The fourth-order valence-corrected chi connectivity index (χ4v) is 0.916. The summed E-state index contributed by atoms with van der Waals surface area (Å²) >= 11 is 5.47. The Morgan fingerprint density at radius 1 is 1.71 bits per heavy atom. The molecular weight excluding hydrogens is 204 g/mol. The molecule has 0 aliphatic rings. The molecule has 0 bridgehead atoms. The molecule has 0 aromatic carbocycles. The molecule has 1 rings (SSSR count). The average molecular weight is 213 g/mol. The van der Waals surface area contributed by atoms with Crippen LogP contribution < -0.4 is 5.32 Å². The summed E-state index contributed by atoms with van der Waals surface area (Å²) in [5.41, 5.74) is 0.165. The van der Waals surface area contributed by atoms with Crippen LogP contribution in [0.3, 0.4) is 0 Å². The van der Waals surface area contributed by atoms with Gasteiger partial charge in [0, 0.05) is 11.2 Å². The fraction of sp³-hybridized carbons (Fsp3) is 0.111. The van der Waals surface area contributed by atoms with E-state index in [4.69, 9.17) is 11.6 Å². The van der Waals surface area contributed by atoms with Gasteiger partial charge in [-0.1, -0.05) is 18.2 Å². The van der Waals surface area contributed by atoms with E-state index in [-0.39, 0.29) is 17.9 Å². The van der Waals surface area contributed by atoms with Gasteiger partial charge in [-0.15, -0.1) is 0 Å². The van der Waals surface area contributed by atoms with Crippen LogP contribution in [0, 0.1) is 0 Å². The number of aromatic nitrogens is 1. The first-order valence-electron chi connectivity index (χ1n) is 3.85. The highest BCUT2D eigenvalue weighted by Gasteiger charge is 2.09. The van der Waals surface area contributed by atoms with Gasteiger partial charge in [-0.2, -0.15) is 0 Å². The van der Waals surface area contributed by atoms with Crippen LogP contribution in [0.15, 0.2) is 30.1 Å². The first-order chi connectivity index (χ1) is 6.61. The summed E-state index contributed by atoms with van der Waals surface area (Å²) in [6, 6.07) is 1.42. The van der Waals surface area contributed by atoms with Gasteiger partial charge in [-0.05, 0) is 6.07 Å². The normalized spacial score (nSPS) is 9.50. The van der Waals surface area contributed by atoms with Crippen molar-refractivity contribution in [3.63, 3.8) is 0 Å². The van der Waals surface area contributed by atoms with E-state index in [1.165, 1.54) is 18.5 Å². The lowest BCUT2D eigenvalue weighted by atomic mass is 10.2. The number of pyridine rings is 1. The van der Waals surface area contributed by atoms with Crippen LogP contribution in [0.1, 0.15) is 10.4 Å². The zero-order valence-corrected chi connectivity index (χ0v) is 8.08. The van der Waals surface area contributed by atoms with E-state index < -0.39 is 5.91 Å². The first kappa shape index (κ1) is 10.5. The summed E-state index contributed by atoms with van der Waals surface area (Å²) in [6.07, 6.45) is 2.62. The average Bonchev–Trinajstić information content (AvgIpc) is 2.15. The number of nitrogens with one attached hydrogen (secondary N) is 1. The third kappa shape index (κ3) is 2.74. The smallest absolute Gasteiger partial charge is 0.255 e. The van der Waals surface area contributed by atoms with Crippen LogP contribution in [0.4, 0.5) is 0 Å². The Morgan fingerprint density at radius 2 is 2.43 bits per heavy atom. The second-order valence-electron chi connectivity index (χ2n) is 2.59. The lowest BCUT2D eigenvalue weighted by molar-refractivity contribution is 0.0955. The van der Waals surface area contributed by atoms with Gasteiger partial charge < -0.3 is 10.4 Å². The van der Waals surface area contributed by atoms with Crippen LogP contribution >= 0.6 is 11.6 Å². The number of carbonyl (C=O) groups excluding carboxylic acids is 1. The molecule has 1 heterocycles. The molecule has 2 N–H and O–H groups in total. The minimum Gasteiger partial charge on any atom is -0.505 e. The number of halogens is 1. The lowest BCUT2D eigenvalue weighted by Crippen LogP contribution is -2.24. The zero-order chi connectivity index (χ0) is 10.6. The highest BCUT2D eigenvalue weighted by atomic mass is 35.5. The van der Waals surface area contributed by atoms with Crippen LogP contribution in [0.5, 0.6) is 5.75 Å². The number of aromatic hydroxyl groups is 1. The Labute approximate surface area is 86.2 Å². The number of nitrogens with zero attached hydrogens (tertiary/aromatic N) is 1. The molecular formula is C9H9ClN2O2. The highest BCUT2D eigenvalue weighted by molar-refractivity contribution is 6.29. The van der Waals surface area contributed by atoms with E-state index in [1.54, 1.807) is 0 Å². The topological polar surface area (TPSA) is 62.2 Å². The molecule has 0 aliphatic carbocycles. The highest BCUT2D eigenvalue weighted by Crippen LogP contribution is 2.13. The van der Waals surface area contributed by atoms with Crippen molar-refractivity contribution >= 4 is 17.5 Å². The molecule has 0 radical (unpaired) electrons. The van der Waals surface area contributed by atoms with Crippen molar-refractivity contribution in [2.24, 2.45) is 0 Å². The molecule has 0 saturated heterocycles. The molecule has 0 atom stereocenters. The van der Waals surface area contributed by atoms with Crippen molar-refractivity contribution in [3.05, 3.63) is 35.6 Å². The summed E-state index contributed by atoms with van der Waals surface area (Å²) in [5, 5.41) is 12.1. The van der Waals surface area contributed by atoms with Crippen molar-refractivity contribution in [1.82, 2.24) is 10.3 Å². The maximum atomic E-state index is 11.4.